The predicted molar refractivity (Wildman–Crippen MR) is 147 cm³/mol. The van der Waals surface area contributed by atoms with Gasteiger partial charge in [-0.25, -0.2) is 17.7 Å². The van der Waals surface area contributed by atoms with Crippen LogP contribution >= 0.6 is 12.4 Å². The number of sulfonamides is 1. The summed E-state index contributed by atoms with van der Waals surface area (Å²) >= 11 is 0. The van der Waals surface area contributed by atoms with Crippen molar-refractivity contribution in [3.05, 3.63) is 78.4 Å². The van der Waals surface area contributed by atoms with E-state index in [1.807, 2.05) is 73.6 Å². The first-order chi connectivity index (χ1) is 16.2. The average molecular weight is 513 g/mol. The van der Waals surface area contributed by atoms with Crippen LogP contribution in [0, 0.1) is 0 Å². The molecule has 3 aromatic carbocycles. The zero-order valence-electron chi connectivity index (χ0n) is 20.1. The second-order valence-corrected chi connectivity index (χ2v) is 10.5. The van der Waals surface area contributed by atoms with Crippen LogP contribution in [0.2, 0.25) is 0 Å². The second kappa shape index (κ2) is 10.9. The number of rotatable bonds is 8. The van der Waals surface area contributed by atoms with Crippen LogP contribution in [-0.2, 0) is 15.8 Å². The van der Waals surface area contributed by atoms with Gasteiger partial charge in [0.15, 0.2) is 0 Å². The summed E-state index contributed by atoms with van der Waals surface area (Å²) in [5.41, 5.74) is 4.25. The Hall–Kier alpha value is -3.40. The Labute approximate surface area is 212 Å². The van der Waals surface area contributed by atoms with E-state index in [1.165, 1.54) is 18.4 Å². The summed E-state index contributed by atoms with van der Waals surface area (Å²) in [6, 6.07) is 23.2. The minimum atomic E-state index is -3.32. The molecule has 10 heteroatoms. The summed E-state index contributed by atoms with van der Waals surface area (Å²) in [5, 5.41) is 7.55. The van der Waals surface area contributed by atoms with Crippen molar-refractivity contribution in [2.45, 2.75) is 5.75 Å². The molecule has 4 rings (SSSR count). The van der Waals surface area contributed by atoms with Gasteiger partial charge in [0.05, 0.1) is 11.3 Å². The van der Waals surface area contributed by atoms with Crippen molar-refractivity contribution in [3.8, 4) is 0 Å². The SMILES string of the molecule is CN(C)c1ccc2nc(Nc3ccc(CS(=O)(=O)N(C)C)cc3)nc(Nc3ccccc3)c2c1.Cl. The van der Waals surface area contributed by atoms with E-state index in [9.17, 15) is 8.42 Å². The van der Waals surface area contributed by atoms with Crippen molar-refractivity contribution >= 4 is 62.2 Å². The molecular formula is C25H29ClN6O2S. The number of para-hydroxylation sites is 1. The van der Waals surface area contributed by atoms with E-state index < -0.39 is 10.0 Å². The molecule has 1 aromatic heterocycles. The van der Waals surface area contributed by atoms with Crippen molar-refractivity contribution in [3.63, 3.8) is 0 Å². The number of hydrogen-bond donors (Lipinski definition) is 2. The summed E-state index contributed by atoms with van der Waals surface area (Å²) in [5.74, 6) is 1.08. The number of aromatic nitrogens is 2. The molecule has 0 saturated heterocycles. The van der Waals surface area contributed by atoms with Gasteiger partial charge in [-0.1, -0.05) is 30.3 Å². The maximum atomic E-state index is 12.1. The van der Waals surface area contributed by atoms with E-state index in [1.54, 1.807) is 12.1 Å². The summed E-state index contributed by atoms with van der Waals surface area (Å²) in [7, 11) is 3.74. The van der Waals surface area contributed by atoms with Gasteiger partial charge in [0.2, 0.25) is 16.0 Å². The molecule has 0 aliphatic heterocycles. The molecule has 0 bridgehead atoms. The summed E-state index contributed by atoms with van der Waals surface area (Å²) in [4.78, 5) is 11.5. The van der Waals surface area contributed by atoms with Crippen LogP contribution < -0.4 is 15.5 Å². The van der Waals surface area contributed by atoms with Gasteiger partial charge in [-0.15, -0.1) is 12.4 Å². The van der Waals surface area contributed by atoms with E-state index in [2.05, 4.69) is 16.7 Å². The van der Waals surface area contributed by atoms with Gasteiger partial charge in [-0.2, -0.15) is 4.98 Å². The van der Waals surface area contributed by atoms with E-state index in [-0.39, 0.29) is 18.2 Å². The van der Waals surface area contributed by atoms with E-state index >= 15 is 0 Å². The highest BCUT2D eigenvalue weighted by molar-refractivity contribution is 7.88. The van der Waals surface area contributed by atoms with Gasteiger partial charge in [0.1, 0.15) is 5.82 Å². The summed E-state index contributed by atoms with van der Waals surface area (Å²) in [6.07, 6.45) is 0. The van der Waals surface area contributed by atoms with Crippen molar-refractivity contribution < 1.29 is 8.42 Å². The van der Waals surface area contributed by atoms with E-state index in [4.69, 9.17) is 9.97 Å². The van der Waals surface area contributed by atoms with Gasteiger partial charge in [0, 0.05) is 50.6 Å². The molecule has 8 nitrogen and oxygen atoms in total. The molecule has 0 atom stereocenters. The monoisotopic (exact) mass is 512 g/mol. The molecule has 1 heterocycles. The van der Waals surface area contributed by atoms with Gasteiger partial charge >= 0.3 is 0 Å². The number of anilines is 5. The minimum Gasteiger partial charge on any atom is -0.378 e. The van der Waals surface area contributed by atoms with Crippen molar-refractivity contribution in [1.29, 1.82) is 0 Å². The van der Waals surface area contributed by atoms with Crippen LogP contribution in [-0.4, -0.2) is 50.9 Å². The van der Waals surface area contributed by atoms with Crippen LogP contribution in [0.1, 0.15) is 5.56 Å². The fourth-order valence-corrected chi connectivity index (χ4v) is 4.23. The molecule has 0 fully saturated rings. The molecule has 0 unspecified atom stereocenters. The predicted octanol–water partition coefficient (Wildman–Crippen LogP) is 5.00. The molecule has 4 aromatic rings. The van der Waals surface area contributed by atoms with Crippen LogP contribution in [0.15, 0.2) is 72.8 Å². The van der Waals surface area contributed by atoms with E-state index in [0.717, 1.165) is 28.0 Å². The summed E-state index contributed by atoms with van der Waals surface area (Å²) in [6.45, 7) is 0. The van der Waals surface area contributed by atoms with Crippen LogP contribution in [0.3, 0.4) is 0 Å². The zero-order chi connectivity index (χ0) is 24.3. The van der Waals surface area contributed by atoms with Crippen LogP contribution in [0.25, 0.3) is 10.9 Å². The largest absolute Gasteiger partial charge is 0.378 e. The summed E-state index contributed by atoms with van der Waals surface area (Å²) < 4.78 is 25.5. The highest BCUT2D eigenvalue weighted by atomic mass is 35.5. The third-order valence-corrected chi connectivity index (χ3v) is 7.16. The first kappa shape index (κ1) is 26.2. The van der Waals surface area contributed by atoms with Gasteiger partial charge in [-0.05, 0) is 48.0 Å². The van der Waals surface area contributed by atoms with Crippen LogP contribution in [0.4, 0.5) is 28.8 Å². The van der Waals surface area contributed by atoms with E-state index in [0.29, 0.717) is 17.3 Å². The van der Waals surface area contributed by atoms with Crippen molar-refractivity contribution in [2.75, 3.05) is 43.7 Å². The van der Waals surface area contributed by atoms with Gasteiger partial charge < -0.3 is 15.5 Å². The average Bonchev–Trinajstić information content (AvgIpc) is 2.80. The Morgan fingerprint density at radius 3 is 2.09 bits per heavy atom. The number of benzene rings is 3. The quantitative estimate of drug-likeness (QED) is 0.343. The Bertz CT molecular complexity index is 1400. The Kier molecular flexibility index (Phi) is 8.16. The maximum Gasteiger partial charge on any atom is 0.229 e. The number of fused-ring (bicyclic) bond motifs is 1. The number of hydrogen-bond acceptors (Lipinski definition) is 7. The van der Waals surface area contributed by atoms with Crippen LogP contribution in [0.5, 0.6) is 0 Å². The number of nitrogens with zero attached hydrogens (tertiary/aromatic N) is 4. The molecule has 0 amide bonds. The standard InChI is InChI=1S/C25H28N6O2S.ClH/c1-30(2)21-14-15-23-22(16-21)24(26-19-8-6-5-7-9-19)29-25(28-23)27-20-12-10-18(11-13-20)17-34(32,33)31(3)4;/h5-16H,17H2,1-4H3,(H2,26,27,28,29);1H. The zero-order valence-corrected chi connectivity index (χ0v) is 21.7. The molecule has 0 spiro atoms. The fourth-order valence-electron chi connectivity index (χ4n) is 3.36. The topological polar surface area (TPSA) is 90.5 Å². The third kappa shape index (κ3) is 6.39. The number of halogens is 1. The van der Waals surface area contributed by atoms with Crippen molar-refractivity contribution in [1.82, 2.24) is 14.3 Å². The Morgan fingerprint density at radius 1 is 0.800 bits per heavy atom. The lowest BCUT2D eigenvalue weighted by molar-refractivity contribution is 0.520. The first-order valence-electron chi connectivity index (χ1n) is 10.8. The molecule has 0 aliphatic carbocycles. The molecule has 0 aliphatic rings. The highest BCUT2D eigenvalue weighted by Gasteiger charge is 2.15. The molecule has 35 heavy (non-hydrogen) atoms. The molecule has 184 valence electrons. The fraction of sp³-hybridized carbons (Fsp3) is 0.200. The first-order valence-corrected chi connectivity index (χ1v) is 12.4. The Morgan fingerprint density at radius 2 is 1.46 bits per heavy atom. The molecule has 0 radical (unpaired) electrons. The third-order valence-electron chi connectivity index (χ3n) is 5.35. The molecule has 2 N–H and O–H groups in total. The lowest BCUT2D eigenvalue weighted by Gasteiger charge is -2.16. The Balaban J connectivity index is 0.00000342. The minimum absolute atomic E-state index is 0. The number of nitrogens with one attached hydrogen (secondary N) is 2. The second-order valence-electron chi connectivity index (χ2n) is 8.34. The van der Waals surface area contributed by atoms with Crippen molar-refractivity contribution in [2.24, 2.45) is 0 Å². The van der Waals surface area contributed by atoms with Gasteiger partial charge in [0.25, 0.3) is 0 Å². The maximum absolute atomic E-state index is 12.1. The normalized spacial score (nSPS) is 11.2. The lowest BCUT2D eigenvalue weighted by Crippen LogP contribution is -2.23. The molecular weight excluding hydrogens is 484 g/mol. The van der Waals surface area contributed by atoms with Gasteiger partial charge in [-0.3, -0.25) is 0 Å². The smallest absolute Gasteiger partial charge is 0.229 e. The molecule has 0 saturated carbocycles. The highest BCUT2D eigenvalue weighted by Crippen LogP contribution is 2.29. The lowest BCUT2D eigenvalue weighted by atomic mass is 10.2.